The molecule has 3 aromatic rings. The van der Waals surface area contributed by atoms with Crippen molar-refractivity contribution < 1.29 is 4.79 Å². The van der Waals surface area contributed by atoms with Gasteiger partial charge in [-0.1, -0.05) is 35.9 Å². The minimum atomic E-state index is -0.125. The van der Waals surface area contributed by atoms with E-state index in [2.05, 4.69) is 11.1 Å². The topological polar surface area (TPSA) is 55.2 Å². The van der Waals surface area contributed by atoms with E-state index in [-0.39, 0.29) is 17.5 Å². The number of piperidine rings is 1. The molecular weight excluding hydrogens is 398 g/mol. The van der Waals surface area contributed by atoms with Gasteiger partial charge in [-0.3, -0.25) is 14.6 Å². The Kier molecular flexibility index (Phi) is 6.00. The predicted octanol–water partition coefficient (Wildman–Crippen LogP) is 4.39. The molecule has 0 N–H and O–H groups in total. The lowest BCUT2D eigenvalue weighted by Crippen LogP contribution is -2.39. The van der Waals surface area contributed by atoms with Crippen molar-refractivity contribution in [1.29, 1.82) is 0 Å². The molecule has 1 aliphatic rings. The summed E-state index contributed by atoms with van der Waals surface area (Å²) >= 11 is 6.27. The second kappa shape index (κ2) is 8.84. The van der Waals surface area contributed by atoms with E-state index in [4.69, 9.17) is 11.6 Å². The number of halogens is 1. The van der Waals surface area contributed by atoms with Crippen LogP contribution in [0.1, 0.15) is 52.5 Å². The molecule has 0 radical (unpaired) electrons. The number of pyridine rings is 2. The van der Waals surface area contributed by atoms with E-state index < -0.39 is 0 Å². The SMILES string of the molecule is Cn1cc(C(=O)N2CCCCC2c2ccc(Cc3ccccc3Cl)nc2)ccc1=O. The zero-order valence-electron chi connectivity index (χ0n) is 16.9. The Hall–Kier alpha value is -2.92. The number of rotatable bonds is 4. The third-order valence-electron chi connectivity index (χ3n) is 5.66. The van der Waals surface area contributed by atoms with Gasteiger partial charge in [0.1, 0.15) is 0 Å². The van der Waals surface area contributed by atoms with Crippen LogP contribution in [0, 0.1) is 0 Å². The third kappa shape index (κ3) is 4.31. The maximum atomic E-state index is 13.2. The van der Waals surface area contributed by atoms with Crippen LogP contribution in [0.5, 0.6) is 0 Å². The van der Waals surface area contributed by atoms with E-state index in [0.29, 0.717) is 18.5 Å². The number of aryl methyl sites for hydroxylation is 1. The quantitative estimate of drug-likeness (QED) is 0.627. The maximum absolute atomic E-state index is 13.2. The monoisotopic (exact) mass is 421 g/mol. The molecule has 1 aromatic carbocycles. The maximum Gasteiger partial charge on any atom is 0.255 e. The van der Waals surface area contributed by atoms with Crippen LogP contribution >= 0.6 is 11.6 Å². The molecule has 0 bridgehead atoms. The molecule has 1 aliphatic heterocycles. The van der Waals surface area contributed by atoms with Crippen LogP contribution in [0.4, 0.5) is 0 Å². The van der Waals surface area contributed by atoms with Gasteiger partial charge in [0, 0.05) is 49.2 Å². The van der Waals surface area contributed by atoms with Gasteiger partial charge in [-0.05, 0) is 48.6 Å². The highest BCUT2D eigenvalue weighted by atomic mass is 35.5. The van der Waals surface area contributed by atoms with E-state index in [1.165, 1.54) is 10.6 Å². The van der Waals surface area contributed by atoms with Gasteiger partial charge < -0.3 is 9.47 Å². The molecule has 1 saturated heterocycles. The summed E-state index contributed by atoms with van der Waals surface area (Å²) in [6.07, 6.45) is 7.12. The van der Waals surface area contributed by atoms with Crippen molar-refractivity contribution >= 4 is 17.5 Å². The van der Waals surface area contributed by atoms with Gasteiger partial charge in [0.15, 0.2) is 0 Å². The number of benzene rings is 1. The number of carbonyl (C=O) groups excluding carboxylic acids is 1. The molecule has 2 aromatic heterocycles. The first-order valence-corrected chi connectivity index (χ1v) is 10.6. The van der Waals surface area contributed by atoms with Crippen molar-refractivity contribution in [2.45, 2.75) is 31.7 Å². The third-order valence-corrected chi connectivity index (χ3v) is 6.03. The van der Waals surface area contributed by atoms with Crippen LogP contribution < -0.4 is 5.56 Å². The molecule has 0 saturated carbocycles. The lowest BCUT2D eigenvalue weighted by Gasteiger charge is -2.36. The van der Waals surface area contributed by atoms with Gasteiger partial charge in [0.25, 0.3) is 5.91 Å². The standard InChI is InChI=1S/C24H24ClN3O2/c1-27-16-19(10-12-23(27)29)24(30)28-13-5-4-8-22(28)18-9-11-20(26-15-18)14-17-6-2-3-7-21(17)25/h2-3,6-7,9-12,15-16,22H,4-5,8,13-14H2,1H3. The van der Waals surface area contributed by atoms with Crippen molar-refractivity contribution in [3.8, 4) is 0 Å². The molecule has 0 spiro atoms. The molecule has 6 heteroatoms. The summed E-state index contributed by atoms with van der Waals surface area (Å²) in [5.74, 6) is -0.0459. The molecule has 1 fully saturated rings. The van der Waals surface area contributed by atoms with Crippen LogP contribution in [0.25, 0.3) is 0 Å². The fraction of sp³-hybridized carbons (Fsp3) is 0.292. The molecule has 3 heterocycles. The van der Waals surface area contributed by atoms with Gasteiger partial charge in [-0.15, -0.1) is 0 Å². The molecule has 1 atom stereocenters. The number of hydrogen-bond acceptors (Lipinski definition) is 3. The highest BCUT2D eigenvalue weighted by molar-refractivity contribution is 6.31. The Morgan fingerprint density at radius 2 is 1.97 bits per heavy atom. The highest BCUT2D eigenvalue weighted by Gasteiger charge is 2.29. The minimum Gasteiger partial charge on any atom is -0.332 e. The van der Waals surface area contributed by atoms with Crippen LogP contribution in [0.3, 0.4) is 0 Å². The summed E-state index contributed by atoms with van der Waals surface area (Å²) in [4.78, 5) is 31.4. The van der Waals surface area contributed by atoms with Gasteiger partial charge in [0.05, 0.1) is 11.6 Å². The average molecular weight is 422 g/mol. The first-order chi connectivity index (χ1) is 14.5. The van der Waals surface area contributed by atoms with Crippen molar-refractivity contribution in [3.05, 3.63) is 98.7 Å². The van der Waals surface area contributed by atoms with Gasteiger partial charge in [-0.25, -0.2) is 0 Å². The molecule has 30 heavy (non-hydrogen) atoms. The summed E-state index contributed by atoms with van der Waals surface area (Å²) in [5.41, 5.74) is 3.44. The Labute approximate surface area is 180 Å². The summed E-state index contributed by atoms with van der Waals surface area (Å²) in [6.45, 7) is 0.702. The van der Waals surface area contributed by atoms with E-state index in [9.17, 15) is 9.59 Å². The lowest BCUT2D eigenvalue weighted by atomic mass is 9.95. The first-order valence-electron chi connectivity index (χ1n) is 10.2. The number of carbonyl (C=O) groups is 1. The molecule has 5 nitrogen and oxygen atoms in total. The summed E-state index contributed by atoms with van der Waals surface area (Å²) in [6, 6.07) is 14.9. The van der Waals surface area contributed by atoms with E-state index >= 15 is 0 Å². The molecular formula is C24H24ClN3O2. The number of nitrogens with zero attached hydrogens (tertiary/aromatic N) is 3. The number of likely N-dealkylation sites (tertiary alicyclic amines) is 1. The zero-order valence-corrected chi connectivity index (χ0v) is 17.7. The molecule has 4 rings (SSSR count). The van der Waals surface area contributed by atoms with E-state index in [0.717, 1.165) is 41.1 Å². The van der Waals surface area contributed by atoms with Crippen LogP contribution in [-0.2, 0) is 13.5 Å². The number of amides is 1. The largest absolute Gasteiger partial charge is 0.332 e. The molecule has 1 amide bonds. The Morgan fingerprint density at radius 1 is 1.13 bits per heavy atom. The van der Waals surface area contributed by atoms with Crippen molar-refractivity contribution in [2.75, 3.05) is 6.54 Å². The highest BCUT2D eigenvalue weighted by Crippen LogP contribution is 2.32. The van der Waals surface area contributed by atoms with Crippen LogP contribution in [0.2, 0.25) is 5.02 Å². The second-order valence-corrected chi connectivity index (χ2v) is 8.14. The van der Waals surface area contributed by atoms with Crippen LogP contribution in [-0.4, -0.2) is 26.9 Å². The fourth-order valence-corrected chi connectivity index (χ4v) is 4.18. The van der Waals surface area contributed by atoms with Crippen molar-refractivity contribution in [1.82, 2.24) is 14.5 Å². The van der Waals surface area contributed by atoms with Crippen molar-refractivity contribution in [2.24, 2.45) is 7.05 Å². The molecule has 154 valence electrons. The normalized spacial score (nSPS) is 16.5. The summed E-state index contributed by atoms with van der Waals surface area (Å²) in [5, 5.41) is 0.740. The smallest absolute Gasteiger partial charge is 0.255 e. The Balaban J connectivity index is 1.55. The lowest BCUT2D eigenvalue weighted by molar-refractivity contribution is 0.0610. The number of aromatic nitrogens is 2. The van der Waals surface area contributed by atoms with Crippen LogP contribution in [0.15, 0.2) is 65.7 Å². The van der Waals surface area contributed by atoms with Gasteiger partial charge in [0.2, 0.25) is 5.56 Å². The van der Waals surface area contributed by atoms with Crippen molar-refractivity contribution in [3.63, 3.8) is 0 Å². The Morgan fingerprint density at radius 3 is 2.70 bits per heavy atom. The van der Waals surface area contributed by atoms with E-state index in [1.807, 2.05) is 41.4 Å². The average Bonchev–Trinajstić information content (AvgIpc) is 2.77. The summed E-state index contributed by atoms with van der Waals surface area (Å²) in [7, 11) is 1.66. The Bertz CT molecular complexity index is 1110. The first kappa shape index (κ1) is 20.4. The van der Waals surface area contributed by atoms with Gasteiger partial charge >= 0.3 is 0 Å². The zero-order chi connectivity index (χ0) is 21.1. The number of hydrogen-bond donors (Lipinski definition) is 0. The van der Waals surface area contributed by atoms with E-state index in [1.54, 1.807) is 19.3 Å². The molecule has 1 unspecified atom stereocenters. The molecule has 0 aliphatic carbocycles. The minimum absolute atomic E-state index is 0.00894. The predicted molar refractivity (Wildman–Crippen MR) is 118 cm³/mol. The second-order valence-electron chi connectivity index (χ2n) is 7.73. The van der Waals surface area contributed by atoms with Gasteiger partial charge in [-0.2, -0.15) is 0 Å². The summed E-state index contributed by atoms with van der Waals surface area (Å²) < 4.78 is 1.44. The fourth-order valence-electron chi connectivity index (χ4n) is 3.98.